The van der Waals surface area contributed by atoms with Gasteiger partial charge in [-0.3, -0.25) is 0 Å². The maximum absolute atomic E-state index is 5.49. The largest absolute Gasteiger partial charge is 0.384 e. The van der Waals surface area contributed by atoms with Crippen LogP contribution in [-0.2, 0) is 4.74 Å². The van der Waals surface area contributed by atoms with Crippen LogP contribution in [0.1, 0.15) is 0 Å². The highest BCUT2D eigenvalue weighted by molar-refractivity contribution is 7.99. The molecule has 0 atom stereocenters. The molecule has 72 valence electrons. The number of nitrogen functional groups attached to an aromatic ring is 2. The molecule has 0 spiro atoms. The summed E-state index contributed by atoms with van der Waals surface area (Å²) in [5, 5.41) is 0.780. The van der Waals surface area contributed by atoms with E-state index in [2.05, 4.69) is 9.97 Å². The second kappa shape index (κ2) is 4.88. The van der Waals surface area contributed by atoms with Crippen LogP contribution in [-0.4, -0.2) is 29.4 Å². The molecule has 0 saturated heterocycles. The van der Waals surface area contributed by atoms with Crippen LogP contribution in [0.15, 0.2) is 11.1 Å². The molecule has 0 fully saturated rings. The van der Waals surface area contributed by atoms with E-state index >= 15 is 0 Å². The van der Waals surface area contributed by atoms with E-state index in [0.717, 1.165) is 10.8 Å². The molecule has 13 heavy (non-hydrogen) atoms. The van der Waals surface area contributed by atoms with Crippen LogP contribution in [0, 0.1) is 0 Å². The number of hydrogen-bond acceptors (Lipinski definition) is 6. The Kier molecular flexibility index (Phi) is 3.78. The van der Waals surface area contributed by atoms with Crippen LogP contribution in [0.4, 0.5) is 11.8 Å². The number of nitrogens with two attached hydrogens (primary N) is 2. The Labute approximate surface area is 80.9 Å². The van der Waals surface area contributed by atoms with Gasteiger partial charge in [-0.25, -0.2) is 4.98 Å². The fraction of sp³-hybridized carbons (Fsp3) is 0.429. The minimum absolute atomic E-state index is 0.208. The van der Waals surface area contributed by atoms with Gasteiger partial charge in [0, 0.05) is 18.9 Å². The van der Waals surface area contributed by atoms with E-state index in [9.17, 15) is 0 Å². The molecule has 5 nitrogen and oxygen atoms in total. The third-order valence-electron chi connectivity index (χ3n) is 1.28. The number of thioether (sulfide) groups is 1. The quantitative estimate of drug-likeness (QED) is 0.415. The van der Waals surface area contributed by atoms with Crippen LogP contribution >= 0.6 is 11.8 Å². The lowest BCUT2D eigenvalue weighted by Gasteiger charge is -2.01. The molecule has 0 amide bonds. The predicted octanol–water partition coefficient (Wildman–Crippen LogP) is 0.379. The Balaban J connectivity index is 2.56. The van der Waals surface area contributed by atoms with Gasteiger partial charge in [-0.2, -0.15) is 4.98 Å². The van der Waals surface area contributed by atoms with Crippen molar-refractivity contribution in [1.82, 2.24) is 9.97 Å². The van der Waals surface area contributed by atoms with Crippen LogP contribution in [0.25, 0.3) is 0 Å². The topological polar surface area (TPSA) is 87.0 Å². The molecule has 1 aromatic heterocycles. The highest BCUT2D eigenvalue weighted by atomic mass is 32.2. The maximum Gasteiger partial charge on any atom is 0.223 e. The SMILES string of the molecule is COCCSc1cc(N)nc(N)n1. The molecule has 0 bridgehead atoms. The van der Waals surface area contributed by atoms with Gasteiger partial charge < -0.3 is 16.2 Å². The van der Waals surface area contributed by atoms with Crippen molar-refractivity contribution in [3.05, 3.63) is 6.07 Å². The first kappa shape index (κ1) is 10.1. The third-order valence-corrected chi connectivity index (χ3v) is 2.15. The molecule has 0 aliphatic rings. The molecule has 0 radical (unpaired) electrons. The normalized spacial score (nSPS) is 10.2. The van der Waals surface area contributed by atoms with E-state index in [0.29, 0.717) is 12.4 Å². The summed E-state index contributed by atoms with van der Waals surface area (Å²) in [5.74, 6) is 1.43. The summed E-state index contributed by atoms with van der Waals surface area (Å²) in [6, 6.07) is 1.69. The minimum Gasteiger partial charge on any atom is -0.384 e. The lowest BCUT2D eigenvalue weighted by atomic mass is 10.6. The minimum atomic E-state index is 0.208. The lowest BCUT2D eigenvalue weighted by molar-refractivity contribution is 0.218. The molecular formula is C7H12N4OS. The molecule has 1 rings (SSSR count). The zero-order valence-corrected chi connectivity index (χ0v) is 8.17. The number of ether oxygens (including phenoxy) is 1. The van der Waals surface area contributed by atoms with Crippen molar-refractivity contribution in [2.24, 2.45) is 0 Å². The number of methoxy groups -OCH3 is 1. The summed E-state index contributed by atoms with van der Waals surface area (Å²) in [7, 11) is 1.66. The van der Waals surface area contributed by atoms with Gasteiger partial charge in [-0.1, -0.05) is 0 Å². The third kappa shape index (κ3) is 3.47. The Morgan fingerprint density at radius 1 is 1.46 bits per heavy atom. The van der Waals surface area contributed by atoms with E-state index in [1.54, 1.807) is 13.2 Å². The first-order valence-electron chi connectivity index (χ1n) is 3.74. The van der Waals surface area contributed by atoms with Crippen molar-refractivity contribution >= 4 is 23.5 Å². The predicted molar refractivity (Wildman–Crippen MR) is 53.5 cm³/mol. The van der Waals surface area contributed by atoms with E-state index in [4.69, 9.17) is 16.2 Å². The summed E-state index contributed by atoms with van der Waals surface area (Å²) in [6.45, 7) is 0.675. The summed E-state index contributed by atoms with van der Waals surface area (Å²) >= 11 is 1.54. The molecule has 1 aromatic rings. The second-order valence-electron chi connectivity index (χ2n) is 2.33. The Morgan fingerprint density at radius 2 is 2.23 bits per heavy atom. The van der Waals surface area contributed by atoms with Gasteiger partial charge >= 0.3 is 0 Å². The summed E-state index contributed by atoms with van der Waals surface area (Å²) in [6.07, 6.45) is 0. The molecular weight excluding hydrogens is 188 g/mol. The summed E-state index contributed by atoms with van der Waals surface area (Å²) in [5.41, 5.74) is 10.9. The smallest absolute Gasteiger partial charge is 0.223 e. The number of rotatable bonds is 4. The number of nitrogens with zero attached hydrogens (tertiary/aromatic N) is 2. The molecule has 4 N–H and O–H groups in total. The molecule has 0 aliphatic carbocycles. The Hall–Kier alpha value is -1.01. The van der Waals surface area contributed by atoms with Crippen LogP contribution in [0.5, 0.6) is 0 Å². The van der Waals surface area contributed by atoms with E-state index < -0.39 is 0 Å². The van der Waals surface area contributed by atoms with Crippen LogP contribution in [0.2, 0.25) is 0 Å². The van der Waals surface area contributed by atoms with Gasteiger partial charge in [0.05, 0.1) is 6.61 Å². The number of aromatic nitrogens is 2. The fourth-order valence-electron chi connectivity index (χ4n) is 0.765. The molecule has 0 aromatic carbocycles. The maximum atomic E-state index is 5.49. The van der Waals surface area contributed by atoms with Crippen LogP contribution < -0.4 is 11.5 Å². The van der Waals surface area contributed by atoms with Gasteiger partial charge in [0.2, 0.25) is 5.95 Å². The monoisotopic (exact) mass is 200 g/mol. The highest BCUT2D eigenvalue weighted by Gasteiger charge is 1.99. The Morgan fingerprint density at radius 3 is 2.85 bits per heavy atom. The molecule has 0 unspecified atom stereocenters. The lowest BCUT2D eigenvalue weighted by Crippen LogP contribution is -2.01. The summed E-state index contributed by atoms with van der Waals surface area (Å²) < 4.78 is 4.90. The van der Waals surface area contributed by atoms with Crippen molar-refractivity contribution < 1.29 is 4.74 Å². The average Bonchev–Trinajstić information content (AvgIpc) is 2.03. The zero-order chi connectivity index (χ0) is 9.68. The highest BCUT2D eigenvalue weighted by Crippen LogP contribution is 2.17. The van der Waals surface area contributed by atoms with Gasteiger partial charge in [0.1, 0.15) is 10.8 Å². The van der Waals surface area contributed by atoms with Crippen molar-refractivity contribution in [3.63, 3.8) is 0 Å². The van der Waals surface area contributed by atoms with Gasteiger partial charge in [0.15, 0.2) is 0 Å². The first-order chi connectivity index (χ1) is 6.22. The van der Waals surface area contributed by atoms with E-state index in [-0.39, 0.29) is 5.95 Å². The standard InChI is InChI=1S/C7H12N4OS/c1-12-2-3-13-6-4-5(8)10-7(9)11-6/h4H,2-3H2,1H3,(H4,8,9,10,11). The molecule has 1 heterocycles. The molecule has 0 aliphatic heterocycles. The fourth-order valence-corrected chi connectivity index (χ4v) is 1.59. The molecule has 6 heteroatoms. The Bertz CT molecular complexity index is 261. The van der Waals surface area contributed by atoms with Crippen molar-refractivity contribution in [1.29, 1.82) is 0 Å². The van der Waals surface area contributed by atoms with Crippen molar-refractivity contribution in [2.75, 3.05) is 30.9 Å². The van der Waals surface area contributed by atoms with Gasteiger partial charge in [0.25, 0.3) is 0 Å². The van der Waals surface area contributed by atoms with Gasteiger partial charge in [-0.05, 0) is 0 Å². The van der Waals surface area contributed by atoms with E-state index in [1.165, 1.54) is 11.8 Å². The van der Waals surface area contributed by atoms with Crippen molar-refractivity contribution in [3.8, 4) is 0 Å². The second-order valence-corrected chi connectivity index (χ2v) is 3.45. The van der Waals surface area contributed by atoms with Crippen molar-refractivity contribution in [2.45, 2.75) is 5.03 Å². The van der Waals surface area contributed by atoms with Crippen LogP contribution in [0.3, 0.4) is 0 Å². The summed E-state index contributed by atoms with van der Waals surface area (Å²) in [4.78, 5) is 7.76. The number of anilines is 2. The molecule has 0 saturated carbocycles. The zero-order valence-electron chi connectivity index (χ0n) is 7.36. The number of hydrogen-bond donors (Lipinski definition) is 2. The average molecular weight is 200 g/mol. The van der Waals surface area contributed by atoms with Gasteiger partial charge in [-0.15, -0.1) is 11.8 Å². The first-order valence-corrected chi connectivity index (χ1v) is 4.72. The van der Waals surface area contributed by atoms with E-state index in [1.807, 2.05) is 0 Å².